The minimum absolute atomic E-state index is 0.351. The predicted octanol–water partition coefficient (Wildman–Crippen LogP) is 4.24. The molecule has 20 heavy (non-hydrogen) atoms. The van der Waals surface area contributed by atoms with E-state index in [-0.39, 0.29) is 0 Å². The summed E-state index contributed by atoms with van der Waals surface area (Å²) in [7, 11) is 0. The van der Waals surface area contributed by atoms with Gasteiger partial charge in [-0.15, -0.1) is 0 Å². The first-order chi connectivity index (χ1) is 9.74. The lowest BCUT2D eigenvalue weighted by Crippen LogP contribution is -2.21. The molecule has 3 nitrogen and oxygen atoms in total. The van der Waals surface area contributed by atoms with Gasteiger partial charge in [0.25, 0.3) is 0 Å². The van der Waals surface area contributed by atoms with E-state index in [2.05, 4.69) is 23.3 Å². The number of halogens is 1. The molecule has 1 aliphatic rings. The number of aryl methyl sites for hydroxylation is 1. The molecule has 4 heteroatoms. The van der Waals surface area contributed by atoms with Gasteiger partial charge in [0, 0.05) is 16.3 Å². The van der Waals surface area contributed by atoms with Crippen LogP contribution in [0, 0.1) is 6.92 Å². The van der Waals surface area contributed by atoms with Crippen molar-refractivity contribution in [2.24, 2.45) is 0 Å². The fourth-order valence-corrected chi connectivity index (χ4v) is 3.02. The number of hydrogen-bond acceptors (Lipinski definition) is 2. The summed E-state index contributed by atoms with van der Waals surface area (Å²) in [5.41, 5.74) is 3.19. The number of rotatable bonds is 2. The maximum Gasteiger partial charge on any atom is 0.124 e. The first-order valence-electron chi connectivity index (χ1n) is 7.30. The van der Waals surface area contributed by atoms with E-state index >= 15 is 0 Å². The van der Waals surface area contributed by atoms with Crippen molar-refractivity contribution in [3.8, 4) is 11.3 Å². The highest BCUT2D eigenvalue weighted by molar-refractivity contribution is 6.30. The van der Waals surface area contributed by atoms with Gasteiger partial charge in [0.05, 0.1) is 11.7 Å². The molecule has 0 aliphatic carbocycles. The van der Waals surface area contributed by atoms with Crippen LogP contribution in [0.1, 0.15) is 43.2 Å². The van der Waals surface area contributed by atoms with Crippen LogP contribution in [0.4, 0.5) is 0 Å². The normalized spacial score (nSPS) is 19.8. The van der Waals surface area contributed by atoms with Crippen LogP contribution in [-0.2, 0) is 0 Å². The van der Waals surface area contributed by atoms with Crippen LogP contribution in [0.3, 0.4) is 0 Å². The Hall–Kier alpha value is -1.32. The number of nitrogens with zero attached hydrogens (tertiary/aromatic N) is 1. The number of imidazole rings is 1. The van der Waals surface area contributed by atoms with E-state index in [0.29, 0.717) is 6.04 Å². The molecule has 0 spiro atoms. The van der Waals surface area contributed by atoms with Crippen molar-refractivity contribution in [1.29, 1.82) is 0 Å². The average molecular weight is 290 g/mol. The van der Waals surface area contributed by atoms with Crippen LogP contribution in [0.15, 0.2) is 24.3 Å². The van der Waals surface area contributed by atoms with E-state index in [1.165, 1.54) is 19.3 Å². The minimum atomic E-state index is 0.351. The highest BCUT2D eigenvalue weighted by atomic mass is 35.5. The molecule has 1 aromatic carbocycles. The van der Waals surface area contributed by atoms with E-state index in [9.17, 15) is 0 Å². The minimum Gasteiger partial charge on any atom is -0.344 e. The highest BCUT2D eigenvalue weighted by Crippen LogP contribution is 2.27. The first-order valence-corrected chi connectivity index (χ1v) is 7.67. The number of nitrogens with one attached hydrogen (secondary N) is 2. The Morgan fingerprint density at radius 3 is 3.00 bits per heavy atom. The van der Waals surface area contributed by atoms with Crippen molar-refractivity contribution < 1.29 is 0 Å². The zero-order chi connectivity index (χ0) is 13.9. The fourth-order valence-electron chi connectivity index (χ4n) is 2.83. The van der Waals surface area contributed by atoms with Gasteiger partial charge < -0.3 is 10.3 Å². The second-order valence-corrected chi connectivity index (χ2v) is 5.90. The molecule has 1 saturated heterocycles. The molecule has 0 saturated carbocycles. The third kappa shape index (κ3) is 2.89. The lowest BCUT2D eigenvalue weighted by Gasteiger charge is -2.12. The van der Waals surface area contributed by atoms with E-state index in [1.807, 2.05) is 18.2 Å². The largest absolute Gasteiger partial charge is 0.344 e. The van der Waals surface area contributed by atoms with Crippen molar-refractivity contribution in [3.05, 3.63) is 40.8 Å². The molecule has 3 rings (SSSR count). The molecule has 1 fully saturated rings. The van der Waals surface area contributed by atoms with Crippen LogP contribution in [0.2, 0.25) is 5.02 Å². The van der Waals surface area contributed by atoms with Gasteiger partial charge in [-0.2, -0.15) is 0 Å². The molecule has 1 unspecified atom stereocenters. The second kappa shape index (κ2) is 5.98. The van der Waals surface area contributed by atoms with Crippen LogP contribution < -0.4 is 5.32 Å². The van der Waals surface area contributed by atoms with Crippen molar-refractivity contribution >= 4 is 11.6 Å². The molecule has 106 valence electrons. The van der Waals surface area contributed by atoms with Crippen LogP contribution in [0.25, 0.3) is 11.3 Å². The van der Waals surface area contributed by atoms with Crippen LogP contribution in [-0.4, -0.2) is 16.5 Å². The van der Waals surface area contributed by atoms with Gasteiger partial charge in [-0.25, -0.2) is 4.98 Å². The molecule has 2 aromatic rings. The van der Waals surface area contributed by atoms with Crippen LogP contribution in [0.5, 0.6) is 0 Å². The van der Waals surface area contributed by atoms with Gasteiger partial charge in [0.15, 0.2) is 0 Å². The van der Waals surface area contributed by atoms with Crippen molar-refractivity contribution in [2.45, 2.75) is 38.6 Å². The van der Waals surface area contributed by atoms with Crippen molar-refractivity contribution in [3.63, 3.8) is 0 Å². The number of benzene rings is 1. The lowest BCUT2D eigenvalue weighted by molar-refractivity contribution is 0.511. The van der Waals surface area contributed by atoms with Gasteiger partial charge >= 0.3 is 0 Å². The fraction of sp³-hybridized carbons (Fsp3) is 0.438. The summed E-state index contributed by atoms with van der Waals surface area (Å²) in [6, 6.07) is 8.23. The van der Waals surface area contributed by atoms with Gasteiger partial charge in [-0.3, -0.25) is 0 Å². The van der Waals surface area contributed by atoms with E-state index in [0.717, 1.165) is 40.8 Å². The quantitative estimate of drug-likeness (QED) is 0.868. The Balaban J connectivity index is 1.90. The Morgan fingerprint density at radius 2 is 2.15 bits per heavy atom. The topological polar surface area (TPSA) is 40.7 Å². The maximum atomic E-state index is 6.07. The second-order valence-electron chi connectivity index (χ2n) is 5.46. The smallest absolute Gasteiger partial charge is 0.124 e. The van der Waals surface area contributed by atoms with E-state index in [1.54, 1.807) is 0 Å². The summed E-state index contributed by atoms with van der Waals surface area (Å²) < 4.78 is 0. The molecular weight excluding hydrogens is 270 g/mol. The van der Waals surface area contributed by atoms with E-state index in [4.69, 9.17) is 16.6 Å². The Labute approximate surface area is 124 Å². The number of H-pyrrole nitrogens is 1. The van der Waals surface area contributed by atoms with Crippen molar-refractivity contribution in [2.75, 3.05) is 6.54 Å². The maximum absolute atomic E-state index is 6.07. The van der Waals surface area contributed by atoms with Crippen LogP contribution >= 0.6 is 11.6 Å². The van der Waals surface area contributed by atoms with Crippen molar-refractivity contribution in [1.82, 2.24) is 15.3 Å². The summed E-state index contributed by atoms with van der Waals surface area (Å²) in [5.74, 6) is 1.05. The average Bonchev–Trinajstić information content (AvgIpc) is 2.65. The SMILES string of the molecule is Cc1[nH]c(C2CCCCCN2)nc1-c1cccc(Cl)c1. The number of aromatic nitrogens is 2. The molecule has 0 bridgehead atoms. The molecule has 1 atom stereocenters. The standard InChI is InChI=1S/C16H20ClN3/c1-11-15(12-6-5-7-13(17)10-12)20-16(19-11)14-8-3-2-4-9-18-14/h5-7,10,14,18H,2-4,8-9H2,1H3,(H,19,20). The predicted molar refractivity (Wildman–Crippen MR) is 83.0 cm³/mol. The van der Waals surface area contributed by atoms with E-state index < -0.39 is 0 Å². The zero-order valence-corrected chi connectivity index (χ0v) is 12.5. The molecule has 0 amide bonds. The third-order valence-electron chi connectivity index (χ3n) is 3.89. The van der Waals surface area contributed by atoms with Gasteiger partial charge in [-0.1, -0.05) is 36.6 Å². The zero-order valence-electron chi connectivity index (χ0n) is 11.7. The Kier molecular flexibility index (Phi) is 4.08. The summed E-state index contributed by atoms with van der Waals surface area (Å²) in [4.78, 5) is 8.25. The number of hydrogen-bond donors (Lipinski definition) is 2. The molecule has 2 heterocycles. The monoisotopic (exact) mass is 289 g/mol. The molecule has 0 radical (unpaired) electrons. The summed E-state index contributed by atoms with van der Waals surface area (Å²) in [6.07, 6.45) is 4.99. The van der Waals surface area contributed by atoms with Gasteiger partial charge in [-0.05, 0) is 38.4 Å². The summed E-state index contributed by atoms with van der Waals surface area (Å²) in [5, 5.41) is 4.33. The molecule has 1 aliphatic heterocycles. The lowest BCUT2D eigenvalue weighted by atomic mass is 10.1. The third-order valence-corrected chi connectivity index (χ3v) is 4.13. The Morgan fingerprint density at radius 1 is 1.25 bits per heavy atom. The van der Waals surface area contributed by atoms with Gasteiger partial charge in [0.2, 0.25) is 0 Å². The Bertz CT molecular complexity index is 583. The first kappa shape index (κ1) is 13.7. The number of aromatic amines is 1. The summed E-state index contributed by atoms with van der Waals surface area (Å²) >= 11 is 6.07. The summed E-state index contributed by atoms with van der Waals surface area (Å²) in [6.45, 7) is 3.15. The highest BCUT2D eigenvalue weighted by Gasteiger charge is 2.19. The molecule has 1 aromatic heterocycles. The van der Waals surface area contributed by atoms with Gasteiger partial charge in [0.1, 0.15) is 5.82 Å². The molecular formula is C16H20ClN3. The molecule has 2 N–H and O–H groups in total.